The molecule has 3 nitrogen and oxygen atoms in total. The van der Waals surface area contributed by atoms with Crippen molar-refractivity contribution in [1.82, 2.24) is 9.55 Å². The molecule has 0 amide bonds. The lowest BCUT2D eigenvalue weighted by atomic mass is 10.1. The second-order valence-electron chi connectivity index (χ2n) is 6.95. The van der Waals surface area contributed by atoms with E-state index in [9.17, 15) is 0 Å². The Bertz CT molecular complexity index is 1090. The van der Waals surface area contributed by atoms with Gasteiger partial charge in [-0.2, -0.15) is 0 Å². The first kappa shape index (κ1) is 19.8. The summed E-state index contributed by atoms with van der Waals surface area (Å²) >= 11 is 12.3. The quantitative estimate of drug-likeness (QED) is 0.291. The molecule has 0 aliphatic heterocycles. The van der Waals surface area contributed by atoms with Gasteiger partial charge in [-0.1, -0.05) is 53.5 Å². The third-order valence-corrected chi connectivity index (χ3v) is 5.52. The SMILES string of the molecule is Clc1ccc(OCCCCn2c(Cc3ccccc3Cl)nc3ccccc32)cc1. The molecule has 1 heterocycles. The van der Waals surface area contributed by atoms with Crippen molar-refractivity contribution in [2.45, 2.75) is 25.8 Å². The topological polar surface area (TPSA) is 27.1 Å². The van der Waals surface area contributed by atoms with Gasteiger partial charge in [0.05, 0.1) is 17.6 Å². The maximum atomic E-state index is 6.38. The maximum Gasteiger partial charge on any atom is 0.119 e. The molecule has 0 spiro atoms. The van der Waals surface area contributed by atoms with E-state index >= 15 is 0 Å². The smallest absolute Gasteiger partial charge is 0.119 e. The van der Waals surface area contributed by atoms with Gasteiger partial charge < -0.3 is 9.30 Å². The maximum absolute atomic E-state index is 6.38. The fourth-order valence-electron chi connectivity index (χ4n) is 3.41. The Balaban J connectivity index is 1.43. The molecular weight excluding hydrogens is 403 g/mol. The van der Waals surface area contributed by atoms with Crippen LogP contribution < -0.4 is 4.74 Å². The number of aromatic nitrogens is 2. The number of unbranched alkanes of at least 4 members (excludes halogenated alkanes) is 1. The Hall–Kier alpha value is -2.49. The van der Waals surface area contributed by atoms with Crippen LogP contribution in [0.15, 0.2) is 72.8 Å². The van der Waals surface area contributed by atoms with E-state index in [1.54, 1.807) is 0 Å². The molecule has 0 saturated heterocycles. The molecular formula is C24H22Cl2N2O. The van der Waals surface area contributed by atoms with Crippen LogP contribution in [0, 0.1) is 0 Å². The van der Waals surface area contributed by atoms with Gasteiger partial charge in [0.25, 0.3) is 0 Å². The lowest BCUT2D eigenvalue weighted by molar-refractivity contribution is 0.303. The summed E-state index contributed by atoms with van der Waals surface area (Å²) in [6.07, 6.45) is 2.68. The second kappa shape index (κ2) is 9.34. The van der Waals surface area contributed by atoms with Crippen molar-refractivity contribution in [3.63, 3.8) is 0 Å². The fraction of sp³-hybridized carbons (Fsp3) is 0.208. The standard InChI is InChI=1S/C24H22Cl2N2O/c25-19-11-13-20(14-12-19)29-16-6-5-15-28-23-10-4-3-9-22(23)27-24(28)17-18-7-1-2-8-21(18)26/h1-4,7-14H,5-6,15-17H2. The summed E-state index contributed by atoms with van der Waals surface area (Å²) in [4.78, 5) is 4.86. The number of ether oxygens (including phenoxy) is 1. The second-order valence-corrected chi connectivity index (χ2v) is 7.79. The average Bonchev–Trinajstić information content (AvgIpc) is 3.08. The molecule has 0 fully saturated rings. The zero-order valence-electron chi connectivity index (χ0n) is 16.0. The molecule has 0 atom stereocenters. The van der Waals surface area contributed by atoms with E-state index in [1.165, 1.54) is 0 Å². The number of fused-ring (bicyclic) bond motifs is 1. The Morgan fingerprint density at radius 2 is 1.59 bits per heavy atom. The van der Waals surface area contributed by atoms with Gasteiger partial charge in [-0.3, -0.25) is 0 Å². The Morgan fingerprint density at radius 1 is 0.828 bits per heavy atom. The summed E-state index contributed by atoms with van der Waals surface area (Å²) in [6, 6.07) is 23.7. The monoisotopic (exact) mass is 424 g/mol. The van der Waals surface area contributed by atoms with Crippen LogP contribution in [0.3, 0.4) is 0 Å². The Labute approximate surface area is 180 Å². The third kappa shape index (κ3) is 4.92. The minimum Gasteiger partial charge on any atom is -0.494 e. The van der Waals surface area contributed by atoms with Gasteiger partial charge in [-0.25, -0.2) is 4.98 Å². The van der Waals surface area contributed by atoms with Crippen LogP contribution in [0.1, 0.15) is 24.2 Å². The predicted octanol–water partition coefficient (Wildman–Crippen LogP) is 6.79. The van der Waals surface area contributed by atoms with Crippen LogP contribution in [0.25, 0.3) is 11.0 Å². The highest BCUT2D eigenvalue weighted by Crippen LogP contribution is 2.23. The molecule has 0 radical (unpaired) electrons. The Kier molecular flexibility index (Phi) is 6.38. The third-order valence-electron chi connectivity index (χ3n) is 4.90. The number of aryl methyl sites for hydroxylation is 1. The summed E-state index contributed by atoms with van der Waals surface area (Å²) in [6.45, 7) is 1.57. The number of imidazole rings is 1. The molecule has 1 aromatic heterocycles. The van der Waals surface area contributed by atoms with Gasteiger partial charge >= 0.3 is 0 Å². The fourth-order valence-corrected chi connectivity index (χ4v) is 3.74. The zero-order chi connectivity index (χ0) is 20.1. The van der Waals surface area contributed by atoms with Crippen LogP contribution in [-0.4, -0.2) is 16.2 Å². The summed E-state index contributed by atoms with van der Waals surface area (Å²) in [5.41, 5.74) is 3.27. The molecule has 0 unspecified atom stereocenters. The van der Waals surface area contributed by atoms with E-state index in [2.05, 4.69) is 28.8 Å². The van der Waals surface area contributed by atoms with Crippen LogP contribution in [0.2, 0.25) is 10.0 Å². The Morgan fingerprint density at radius 3 is 2.41 bits per heavy atom. The number of rotatable bonds is 8. The number of halogens is 2. The van der Waals surface area contributed by atoms with E-state index in [-0.39, 0.29) is 0 Å². The van der Waals surface area contributed by atoms with Gasteiger partial charge in [0, 0.05) is 23.0 Å². The molecule has 0 N–H and O–H groups in total. The molecule has 4 rings (SSSR count). The number of hydrogen-bond acceptors (Lipinski definition) is 2. The van der Waals surface area contributed by atoms with Crippen LogP contribution >= 0.6 is 23.2 Å². The van der Waals surface area contributed by atoms with Gasteiger partial charge in [0.15, 0.2) is 0 Å². The summed E-state index contributed by atoms with van der Waals surface area (Å²) in [5.74, 6) is 1.89. The van der Waals surface area contributed by atoms with Gasteiger partial charge in [0.1, 0.15) is 11.6 Å². The molecule has 148 valence electrons. The molecule has 3 aromatic carbocycles. The predicted molar refractivity (Wildman–Crippen MR) is 120 cm³/mol. The van der Waals surface area contributed by atoms with E-state index < -0.39 is 0 Å². The minimum absolute atomic E-state index is 0.675. The van der Waals surface area contributed by atoms with Crippen molar-refractivity contribution < 1.29 is 4.74 Å². The van der Waals surface area contributed by atoms with Crippen molar-refractivity contribution >= 4 is 34.2 Å². The van der Waals surface area contributed by atoms with Gasteiger partial charge in [-0.05, 0) is 60.9 Å². The van der Waals surface area contributed by atoms with E-state index in [1.807, 2.05) is 48.5 Å². The molecule has 0 saturated carbocycles. The van der Waals surface area contributed by atoms with Crippen molar-refractivity contribution in [3.05, 3.63) is 94.2 Å². The number of hydrogen-bond donors (Lipinski definition) is 0. The van der Waals surface area contributed by atoms with Crippen molar-refractivity contribution in [3.8, 4) is 5.75 Å². The molecule has 5 heteroatoms. The molecule has 29 heavy (non-hydrogen) atoms. The first-order valence-corrected chi connectivity index (χ1v) is 10.5. The first-order valence-electron chi connectivity index (χ1n) is 9.76. The largest absolute Gasteiger partial charge is 0.494 e. The summed E-state index contributed by atoms with van der Waals surface area (Å²) < 4.78 is 8.12. The highest BCUT2D eigenvalue weighted by Gasteiger charge is 2.12. The highest BCUT2D eigenvalue weighted by atomic mass is 35.5. The molecule has 4 aromatic rings. The molecule has 0 aliphatic rings. The van der Waals surface area contributed by atoms with Crippen molar-refractivity contribution in [2.24, 2.45) is 0 Å². The summed E-state index contributed by atoms with van der Waals surface area (Å²) in [7, 11) is 0. The van der Waals surface area contributed by atoms with Crippen LogP contribution in [-0.2, 0) is 13.0 Å². The van der Waals surface area contributed by atoms with Crippen LogP contribution in [0.5, 0.6) is 5.75 Å². The van der Waals surface area contributed by atoms with Crippen LogP contribution in [0.4, 0.5) is 0 Å². The normalized spacial score (nSPS) is 11.1. The average molecular weight is 425 g/mol. The van der Waals surface area contributed by atoms with E-state index in [0.29, 0.717) is 6.61 Å². The minimum atomic E-state index is 0.675. The lowest BCUT2D eigenvalue weighted by Gasteiger charge is -2.11. The summed E-state index contributed by atoms with van der Waals surface area (Å²) in [5, 5.41) is 1.50. The van der Waals surface area contributed by atoms with Crippen molar-refractivity contribution in [1.29, 1.82) is 0 Å². The molecule has 0 bridgehead atoms. The first-order chi connectivity index (χ1) is 14.2. The lowest BCUT2D eigenvalue weighted by Crippen LogP contribution is -2.07. The number of para-hydroxylation sites is 2. The number of nitrogens with zero attached hydrogens (tertiary/aromatic N) is 2. The van der Waals surface area contributed by atoms with Gasteiger partial charge in [0.2, 0.25) is 0 Å². The zero-order valence-corrected chi connectivity index (χ0v) is 17.5. The van der Waals surface area contributed by atoms with E-state index in [4.69, 9.17) is 32.9 Å². The molecule has 0 aliphatic carbocycles. The number of benzene rings is 3. The van der Waals surface area contributed by atoms with Gasteiger partial charge in [-0.15, -0.1) is 0 Å². The highest BCUT2D eigenvalue weighted by molar-refractivity contribution is 6.31. The van der Waals surface area contributed by atoms with E-state index in [0.717, 1.165) is 64.0 Å². The van der Waals surface area contributed by atoms with Crippen molar-refractivity contribution in [2.75, 3.05) is 6.61 Å².